The summed E-state index contributed by atoms with van der Waals surface area (Å²) in [5.41, 5.74) is 1.45. The number of rotatable bonds is 9. The van der Waals surface area contributed by atoms with Crippen molar-refractivity contribution in [2.45, 2.75) is 180 Å². The minimum absolute atomic E-state index is 0.0549. The molecule has 13 heteroatoms. The lowest BCUT2D eigenvalue weighted by Gasteiger charge is -2.71. The van der Waals surface area contributed by atoms with Gasteiger partial charge in [0.1, 0.15) is 48.8 Å². The van der Waals surface area contributed by atoms with Gasteiger partial charge in [0.05, 0.1) is 31.5 Å². The van der Waals surface area contributed by atoms with Crippen molar-refractivity contribution in [3.63, 3.8) is 0 Å². The lowest BCUT2D eigenvalue weighted by Crippen LogP contribution is -2.69. The van der Waals surface area contributed by atoms with Crippen LogP contribution in [-0.2, 0) is 18.9 Å². The van der Waals surface area contributed by atoms with E-state index in [9.17, 15) is 46.0 Å². The first kappa shape index (κ1) is 43.5. The minimum atomic E-state index is -1.79. The molecule has 2 heterocycles. The highest BCUT2D eigenvalue weighted by Crippen LogP contribution is 2.75. The molecular weight excluding hydrogens is 712 g/mol. The van der Waals surface area contributed by atoms with E-state index in [1.54, 1.807) is 0 Å². The molecule has 4 saturated carbocycles. The molecule has 20 atom stereocenters. The predicted molar refractivity (Wildman–Crippen MR) is 201 cm³/mol. The summed E-state index contributed by atoms with van der Waals surface area (Å²) in [6, 6.07) is 0. The van der Waals surface area contributed by atoms with Crippen LogP contribution < -0.4 is 0 Å². The normalized spacial score (nSPS) is 52.5. The van der Waals surface area contributed by atoms with Crippen LogP contribution in [0.25, 0.3) is 0 Å². The van der Waals surface area contributed by atoms with E-state index in [2.05, 4.69) is 67.5 Å². The summed E-state index contributed by atoms with van der Waals surface area (Å²) in [5, 5.41) is 97.6. The van der Waals surface area contributed by atoms with Crippen molar-refractivity contribution in [3.8, 4) is 0 Å². The van der Waals surface area contributed by atoms with Crippen molar-refractivity contribution in [3.05, 3.63) is 23.3 Å². The van der Waals surface area contributed by atoms with E-state index >= 15 is 0 Å². The van der Waals surface area contributed by atoms with Crippen LogP contribution in [0.3, 0.4) is 0 Å². The molecule has 4 aliphatic carbocycles. The summed E-state index contributed by atoms with van der Waals surface area (Å²) in [4.78, 5) is 0. The predicted octanol–water partition coefficient (Wildman–Crippen LogP) is 1.93. The first-order chi connectivity index (χ1) is 25.7. The molecule has 55 heavy (non-hydrogen) atoms. The van der Waals surface area contributed by atoms with Crippen molar-refractivity contribution in [1.82, 2.24) is 0 Å². The van der Waals surface area contributed by atoms with Gasteiger partial charge in [-0.05, 0) is 111 Å². The van der Waals surface area contributed by atoms with Gasteiger partial charge in [0.15, 0.2) is 12.6 Å². The Kier molecular flexibility index (Phi) is 12.6. The Bertz CT molecular complexity index is 1420. The molecule has 9 N–H and O–H groups in total. The van der Waals surface area contributed by atoms with Gasteiger partial charge in [-0.15, -0.1) is 0 Å². The molecule has 2 aliphatic heterocycles. The van der Waals surface area contributed by atoms with Crippen molar-refractivity contribution in [2.24, 2.45) is 45.3 Å². The van der Waals surface area contributed by atoms with Crippen LogP contribution in [0.15, 0.2) is 23.3 Å². The molecular formula is C42H70O13. The van der Waals surface area contributed by atoms with Crippen molar-refractivity contribution in [1.29, 1.82) is 0 Å². The summed E-state index contributed by atoms with van der Waals surface area (Å²) in [6.07, 6.45) is -7.67. The van der Waals surface area contributed by atoms with Gasteiger partial charge in [-0.3, -0.25) is 0 Å². The maximum Gasteiger partial charge on any atom is 0.187 e. The van der Waals surface area contributed by atoms with Crippen LogP contribution in [0.4, 0.5) is 0 Å². The monoisotopic (exact) mass is 782 g/mol. The Hall–Kier alpha value is -1.04. The Morgan fingerprint density at radius 1 is 0.673 bits per heavy atom. The number of aliphatic hydroxyl groups is 9. The number of ether oxygens (including phenoxy) is 4. The minimum Gasteiger partial charge on any atom is -0.394 e. The fourth-order valence-electron chi connectivity index (χ4n) is 13.1. The maximum atomic E-state index is 12.2. The molecule has 6 aliphatic rings. The lowest BCUT2D eigenvalue weighted by molar-refractivity contribution is -0.383. The van der Waals surface area contributed by atoms with Gasteiger partial charge in [0.2, 0.25) is 0 Å². The largest absolute Gasteiger partial charge is 0.394 e. The third kappa shape index (κ3) is 7.12. The van der Waals surface area contributed by atoms with Gasteiger partial charge in [-0.2, -0.15) is 0 Å². The van der Waals surface area contributed by atoms with E-state index in [1.807, 2.05) is 0 Å². The highest BCUT2D eigenvalue weighted by molar-refractivity contribution is 5.23. The van der Waals surface area contributed by atoms with Crippen LogP contribution in [0, 0.1) is 45.3 Å². The summed E-state index contributed by atoms with van der Waals surface area (Å²) in [6.45, 7) is 16.3. The van der Waals surface area contributed by atoms with Crippen LogP contribution in [0.5, 0.6) is 0 Å². The quantitative estimate of drug-likeness (QED) is 0.121. The zero-order valence-electron chi connectivity index (χ0n) is 34.0. The zero-order chi connectivity index (χ0) is 40.6. The smallest absolute Gasteiger partial charge is 0.187 e. The van der Waals surface area contributed by atoms with E-state index in [-0.39, 0.29) is 34.0 Å². The van der Waals surface area contributed by atoms with Gasteiger partial charge >= 0.3 is 0 Å². The van der Waals surface area contributed by atoms with E-state index in [0.29, 0.717) is 18.8 Å². The highest BCUT2D eigenvalue weighted by Gasteiger charge is 2.71. The second-order valence-corrected chi connectivity index (χ2v) is 19.6. The third-order valence-corrected chi connectivity index (χ3v) is 16.1. The number of hydrogen-bond acceptors (Lipinski definition) is 13. The molecule has 2 saturated heterocycles. The number of hydrogen-bond donors (Lipinski definition) is 9. The van der Waals surface area contributed by atoms with Gasteiger partial charge in [0, 0.05) is 0 Å². The lowest BCUT2D eigenvalue weighted by atomic mass is 9.35. The summed E-state index contributed by atoms with van der Waals surface area (Å²) >= 11 is 0. The summed E-state index contributed by atoms with van der Waals surface area (Å²) in [5.74, 6) is 0.659. The van der Waals surface area contributed by atoms with Crippen LogP contribution in [0.2, 0.25) is 0 Å². The molecule has 0 bridgehead atoms. The summed E-state index contributed by atoms with van der Waals surface area (Å²) < 4.78 is 24.1. The second-order valence-electron chi connectivity index (χ2n) is 19.6. The molecule has 0 amide bonds. The van der Waals surface area contributed by atoms with Crippen molar-refractivity contribution in [2.75, 3.05) is 13.2 Å². The fourth-order valence-corrected chi connectivity index (χ4v) is 13.1. The van der Waals surface area contributed by atoms with E-state index in [4.69, 9.17) is 18.9 Å². The molecule has 0 aromatic rings. The maximum absolute atomic E-state index is 12.2. The van der Waals surface area contributed by atoms with E-state index in [0.717, 1.165) is 32.1 Å². The zero-order valence-corrected chi connectivity index (χ0v) is 34.0. The Morgan fingerprint density at radius 3 is 1.89 bits per heavy atom. The molecule has 0 unspecified atom stereocenters. The Balaban J connectivity index is 1.26. The van der Waals surface area contributed by atoms with E-state index in [1.165, 1.54) is 11.1 Å². The average molecular weight is 783 g/mol. The first-order valence-electron chi connectivity index (χ1n) is 20.6. The second kappa shape index (κ2) is 15.9. The van der Waals surface area contributed by atoms with Gasteiger partial charge < -0.3 is 64.9 Å². The topological polar surface area (TPSA) is 219 Å². The number of allylic oxidation sites excluding steroid dienone is 4. The first-order valence-corrected chi connectivity index (χ1v) is 20.6. The molecule has 0 aromatic carbocycles. The van der Waals surface area contributed by atoms with Crippen molar-refractivity contribution < 1.29 is 64.9 Å². The van der Waals surface area contributed by atoms with Crippen LogP contribution in [-0.4, -0.2) is 139 Å². The standard InChI is InChI=1S/C42H70O13/c1-20(2)10-9-11-21(3)22-12-14-42(8)29(22)23(45)16-28-40(6)17-24(46)36(39(4,5)27(40)13-15-41(28,42)7)55-38-35(33(50)31(48)26(19-44)53-38)54-37-34(51)32(49)30(47)25(18-43)52-37/h10-11,22-38,43-51H,9,12-19H2,1-8H3/t22-,23-,24-,25-,26-,27+,28-,29+,30-,31-,32+,33+,34-,35-,36+,37+,38+,40+,41-,42-/m1/s1. The molecule has 6 fully saturated rings. The van der Waals surface area contributed by atoms with Crippen molar-refractivity contribution >= 4 is 0 Å². The molecule has 316 valence electrons. The fraction of sp³-hybridized carbons (Fsp3) is 0.905. The summed E-state index contributed by atoms with van der Waals surface area (Å²) in [7, 11) is 0. The molecule has 0 aromatic heterocycles. The SMILES string of the molecule is CC(C)=CCC=C(C)[C@H]1CC[C@]2(C)[C@@H]1[C@H](O)C[C@@H]1[C@@]3(C)C[C@@H](O)[C@H](O[C@@H]4O[C@H](CO)[C@@H](O)[C@H](O)[C@H]4O[C@@H]4O[C@H](CO)[C@@H](O)[C@H](O)[C@H]4O)C(C)(C)[C@@H]3CC[C@]12C. The van der Waals surface area contributed by atoms with Crippen LogP contribution in [0.1, 0.15) is 100 Å². The van der Waals surface area contributed by atoms with Gasteiger partial charge in [-0.25, -0.2) is 0 Å². The Labute approximate surface area is 326 Å². The molecule has 6 rings (SSSR count). The number of fused-ring (bicyclic) bond motifs is 5. The molecule has 0 radical (unpaired) electrons. The average Bonchev–Trinajstić information content (AvgIpc) is 3.49. The highest BCUT2D eigenvalue weighted by atomic mass is 16.8. The molecule has 0 spiro atoms. The number of aliphatic hydroxyl groups excluding tert-OH is 9. The van der Waals surface area contributed by atoms with Gasteiger partial charge in [-0.1, -0.05) is 57.9 Å². The van der Waals surface area contributed by atoms with Crippen LogP contribution >= 0.6 is 0 Å². The van der Waals surface area contributed by atoms with Gasteiger partial charge in [0.25, 0.3) is 0 Å². The van der Waals surface area contributed by atoms with E-state index < -0.39 is 98.4 Å². The third-order valence-electron chi connectivity index (χ3n) is 16.1. The molecule has 13 nitrogen and oxygen atoms in total. The Morgan fingerprint density at radius 2 is 1.27 bits per heavy atom.